The van der Waals surface area contributed by atoms with Crippen LogP contribution in [0.15, 0.2) is 0 Å². The summed E-state index contributed by atoms with van der Waals surface area (Å²) < 4.78 is 10.1. The van der Waals surface area contributed by atoms with E-state index in [4.69, 9.17) is 14.9 Å². The van der Waals surface area contributed by atoms with E-state index in [1.54, 1.807) is 0 Å². The Morgan fingerprint density at radius 1 is 1.45 bits per heavy atom. The van der Waals surface area contributed by atoms with Crippen molar-refractivity contribution in [2.75, 3.05) is 13.7 Å². The summed E-state index contributed by atoms with van der Waals surface area (Å²) in [5, 5.41) is 7.38. The van der Waals surface area contributed by atoms with Gasteiger partial charge in [0.1, 0.15) is 6.10 Å². The molecule has 11 heavy (non-hydrogen) atoms. The van der Waals surface area contributed by atoms with E-state index in [1.807, 2.05) is 20.8 Å². The Kier molecular flexibility index (Phi) is 4.86. The molecular weight excluding hydrogens is 142 g/mol. The maximum atomic E-state index is 7.38. The molecule has 0 aromatic rings. The minimum atomic E-state index is -0.190. The molecule has 0 radical (unpaired) electrons. The molecule has 0 aliphatic heterocycles. The molecule has 0 bridgehead atoms. The summed E-state index contributed by atoms with van der Waals surface area (Å²) in [4.78, 5) is 0. The van der Waals surface area contributed by atoms with Crippen molar-refractivity contribution in [3.05, 3.63) is 0 Å². The zero-order chi connectivity index (χ0) is 8.85. The van der Waals surface area contributed by atoms with Crippen molar-refractivity contribution in [1.29, 1.82) is 5.41 Å². The molecule has 0 fully saturated rings. The lowest BCUT2D eigenvalue weighted by atomic mass is 10.1. The molecule has 0 saturated carbocycles. The quantitative estimate of drug-likeness (QED) is 0.501. The van der Waals surface area contributed by atoms with Crippen molar-refractivity contribution in [3.63, 3.8) is 0 Å². The maximum absolute atomic E-state index is 7.38. The number of ether oxygens (including phenoxy) is 2. The summed E-state index contributed by atoms with van der Waals surface area (Å²) >= 11 is 0. The van der Waals surface area contributed by atoms with Crippen LogP contribution >= 0.6 is 0 Å². The molecule has 1 N–H and O–H groups in total. The average Bonchev–Trinajstić information content (AvgIpc) is 1.98. The second kappa shape index (κ2) is 5.13. The first kappa shape index (κ1) is 10.4. The van der Waals surface area contributed by atoms with Gasteiger partial charge in [-0.2, -0.15) is 0 Å². The van der Waals surface area contributed by atoms with Crippen LogP contribution in [0.2, 0.25) is 0 Å². The predicted molar refractivity (Wildman–Crippen MR) is 45.0 cm³/mol. The predicted octanol–water partition coefficient (Wildman–Crippen LogP) is 1.67. The number of rotatable bonds is 4. The van der Waals surface area contributed by atoms with Crippen LogP contribution in [-0.2, 0) is 9.47 Å². The normalized spacial score (nSPS) is 13.2. The molecule has 0 spiro atoms. The topological polar surface area (TPSA) is 42.3 Å². The second-order valence-electron chi connectivity index (χ2n) is 2.69. The van der Waals surface area contributed by atoms with Gasteiger partial charge in [0.2, 0.25) is 5.90 Å². The van der Waals surface area contributed by atoms with E-state index in [9.17, 15) is 0 Å². The zero-order valence-electron chi connectivity index (χ0n) is 7.68. The Morgan fingerprint density at radius 3 is 2.27 bits per heavy atom. The van der Waals surface area contributed by atoms with Gasteiger partial charge in [-0.05, 0) is 12.8 Å². The van der Waals surface area contributed by atoms with Gasteiger partial charge in [-0.15, -0.1) is 0 Å². The lowest BCUT2D eigenvalue weighted by Crippen LogP contribution is -2.30. The largest absolute Gasteiger partial charge is 0.483 e. The SMILES string of the molecule is CCOC(C(=N)OC)C(C)C. The van der Waals surface area contributed by atoms with Gasteiger partial charge in [-0.25, -0.2) is 0 Å². The summed E-state index contributed by atoms with van der Waals surface area (Å²) in [5.74, 6) is 0.504. The molecule has 0 rings (SSSR count). The fourth-order valence-corrected chi connectivity index (χ4v) is 0.867. The van der Waals surface area contributed by atoms with E-state index in [0.717, 1.165) is 0 Å². The van der Waals surface area contributed by atoms with Gasteiger partial charge in [0.15, 0.2) is 0 Å². The molecule has 1 unspecified atom stereocenters. The van der Waals surface area contributed by atoms with Crippen LogP contribution in [0.3, 0.4) is 0 Å². The maximum Gasteiger partial charge on any atom is 0.210 e. The third-order valence-electron chi connectivity index (χ3n) is 1.43. The Morgan fingerprint density at radius 2 is 2.00 bits per heavy atom. The van der Waals surface area contributed by atoms with Crippen molar-refractivity contribution in [2.45, 2.75) is 26.9 Å². The molecule has 0 saturated heterocycles. The first-order valence-corrected chi connectivity index (χ1v) is 3.87. The number of hydrogen-bond acceptors (Lipinski definition) is 3. The highest BCUT2D eigenvalue weighted by molar-refractivity contribution is 5.77. The molecular formula is C8H17NO2. The molecule has 0 aliphatic rings. The molecule has 3 heteroatoms. The van der Waals surface area contributed by atoms with E-state index < -0.39 is 0 Å². The summed E-state index contributed by atoms with van der Waals surface area (Å²) in [7, 11) is 1.50. The fraction of sp³-hybridized carbons (Fsp3) is 0.875. The molecule has 0 aromatic carbocycles. The first-order valence-electron chi connectivity index (χ1n) is 3.87. The number of methoxy groups -OCH3 is 1. The molecule has 0 amide bonds. The van der Waals surface area contributed by atoms with Gasteiger partial charge in [0.25, 0.3) is 0 Å². The van der Waals surface area contributed by atoms with E-state index in [2.05, 4.69) is 0 Å². The highest BCUT2D eigenvalue weighted by Crippen LogP contribution is 2.07. The second-order valence-corrected chi connectivity index (χ2v) is 2.69. The monoisotopic (exact) mass is 159 g/mol. The van der Waals surface area contributed by atoms with E-state index in [-0.39, 0.29) is 12.0 Å². The van der Waals surface area contributed by atoms with Crippen LogP contribution in [0.25, 0.3) is 0 Å². The Bertz CT molecular complexity index is 123. The third-order valence-corrected chi connectivity index (χ3v) is 1.43. The van der Waals surface area contributed by atoms with Crippen molar-refractivity contribution < 1.29 is 9.47 Å². The van der Waals surface area contributed by atoms with Gasteiger partial charge in [0, 0.05) is 6.61 Å². The molecule has 1 atom stereocenters. The third kappa shape index (κ3) is 3.37. The van der Waals surface area contributed by atoms with Crippen molar-refractivity contribution in [3.8, 4) is 0 Å². The minimum Gasteiger partial charge on any atom is -0.483 e. The summed E-state index contributed by atoms with van der Waals surface area (Å²) in [5.41, 5.74) is 0. The lowest BCUT2D eigenvalue weighted by molar-refractivity contribution is 0.0615. The van der Waals surface area contributed by atoms with Crippen LogP contribution in [0.5, 0.6) is 0 Å². The lowest BCUT2D eigenvalue weighted by Gasteiger charge is -2.19. The standard InChI is InChI=1S/C8H17NO2/c1-5-11-7(6(2)3)8(9)10-4/h6-7,9H,5H2,1-4H3. The molecule has 0 aliphatic carbocycles. The van der Waals surface area contributed by atoms with Gasteiger partial charge in [0.05, 0.1) is 7.11 Å². The highest BCUT2D eigenvalue weighted by atomic mass is 16.5. The van der Waals surface area contributed by atoms with E-state index in [0.29, 0.717) is 12.5 Å². The Labute approximate surface area is 68.2 Å². The summed E-state index contributed by atoms with van der Waals surface area (Å²) in [6, 6.07) is 0. The molecule has 3 nitrogen and oxygen atoms in total. The highest BCUT2D eigenvalue weighted by Gasteiger charge is 2.19. The molecule has 0 aromatic heterocycles. The summed E-state index contributed by atoms with van der Waals surface area (Å²) in [6.45, 7) is 6.55. The van der Waals surface area contributed by atoms with Crippen LogP contribution in [0.1, 0.15) is 20.8 Å². The van der Waals surface area contributed by atoms with Crippen LogP contribution in [0, 0.1) is 11.3 Å². The van der Waals surface area contributed by atoms with Crippen molar-refractivity contribution in [1.82, 2.24) is 0 Å². The number of hydrogen-bond donors (Lipinski definition) is 1. The van der Waals surface area contributed by atoms with Crippen molar-refractivity contribution in [2.24, 2.45) is 5.92 Å². The van der Waals surface area contributed by atoms with Gasteiger partial charge >= 0.3 is 0 Å². The molecule has 66 valence electrons. The van der Waals surface area contributed by atoms with Gasteiger partial charge in [-0.1, -0.05) is 13.8 Å². The smallest absolute Gasteiger partial charge is 0.210 e. The van der Waals surface area contributed by atoms with Gasteiger partial charge < -0.3 is 9.47 Å². The van der Waals surface area contributed by atoms with Crippen LogP contribution < -0.4 is 0 Å². The van der Waals surface area contributed by atoms with E-state index >= 15 is 0 Å². The Hall–Kier alpha value is -0.570. The first-order chi connectivity index (χ1) is 5.13. The Balaban J connectivity index is 3.98. The van der Waals surface area contributed by atoms with Crippen molar-refractivity contribution >= 4 is 5.90 Å². The summed E-state index contributed by atoms with van der Waals surface area (Å²) in [6.07, 6.45) is -0.190. The zero-order valence-corrected chi connectivity index (χ0v) is 7.68. The average molecular weight is 159 g/mol. The van der Waals surface area contributed by atoms with Gasteiger partial charge in [-0.3, -0.25) is 5.41 Å². The number of nitrogens with one attached hydrogen (secondary N) is 1. The van der Waals surface area contributed by atoms with E-state index in [1.165, 1.54) is 7.11 Å². The fourth-order valence-electron chi connectivity index (χ4n) is 0.867. The van der Waals surface area contributed by atoms with Crippen LogP contribution in [0.4, 0.5) is 0 Å². The minimum absolute atomic E-state index is 0.190. The van der Waals surface area contributed by atoms with Crippen LogP contribution in [-0.4, -0.2) is 25.7 Å². The molecule has 0 heterocycles.